The zero-order valence-electron chi connectivity index (χ0n) is 15.1. The number of hydrogen-bond acceptors (Lipinski definition) is 3. The van der Waals surface area contributed by atoms with E-state index in [-0.39, 0.29) is 6.61 Å². The van der Waals surface area contributed by atoms with E-state index in [2.05, 4.69) is 43.0 Å². The lowest BCUT2D eigenvalue weighted by Crippen LogP contribution is -2.13. The van der Waals surface area contributed by atoms with Gasteiger partial charge in [0.05, 0.1) is 12.8 Å². The van der Waals surface area contributed by atoms with Crippen LogP contribution in [0, 0.1) is 6.92 Å². The minimum Gasteiger partial charge on any atom is -0.488 e. The second kappa shape index (κ2) is 8.77. The Morgan fingerprint density at radius 2 is 1.88 bits per heavy atom. The van der Waals surface area contributed by atoms with Crippen LogP contribution >= 0.6 is 11.6 Å². The summed E-state index contributed by atoms with van der Waals surface area (Å²) in [4.78, 5) is 11.5. The monoisotopic (exact) mass is 361 g/mol. The van der Waals surface area contributed by atoms with E-state index in [0.717, 1.165) is 24.2 Å². The van der Waals surface area contributed by atoms with Crippen molar-refractivity contribution < 1.29 is 14.3 Å². The van der Waals surface area contributed by atoms with Gasteiger partial charge in [-0.3, -0.25) is 5.32 Å². The number of carbonyl (C=O) groups is 1. The number of aryl methyl sites for hydroxylation is 3. The molecule has 1 amide bonds. The normalized spacial score (nSPS) is 10.4. The zero-order valence-corrected chi connectivity index (χ0v) is 15.9. The molecule has 0 radical (unpaired) electrons. The van der Waals surface area contributed by atoms with E-state index in [1.165, 1.54) is 18.2 Å². The Balaban J connectivity index is 2.27. The van der Waals surface area contributed by atoms with Crippen molar-refractivity contribution >= 4 is 23.4 Å². The summed E-state index contributed by atoms with van der Waals surface area (Å²) in [7, 11) is 1.32. The zero-order chi connectivity index (χ0) is 18.4. The van der Waals surface area contributed by atoms with Crippen molar-refractivity contribution in [2.24, 2.45) is 0 Å². The van der Waals surface area contributed by atoms with Crippen LogP contribution in [0.25, 0.3) is 0 Å². The second-order valence-electron chi connectivity index (χ2n) is 5.76. The van der Waals surface area contributed by atoms with Crippen LogP contribution in [0.15, 0.2) is 30.3 Å². The van der Waals surface area contributed by atoms with Crippen LogP contribution in [-0.4, -0.2) is 13.2 Å². The highest BCUT2D eigenvalue weighted by Gasteiger charge is 2.13. The maximum Gasteiger partial charge on any atom is 0.411 e. The summed E-state index contributed by atoms with van der Waals surface area (Å²) >= 11 is 6.30. The minimum atomic E-state index is -0.541. The van der Waals surface area contributed by atoms with Gasteiger partial charge in [-0.2, -0.15) is 0 Å². The van der Waals surface area contributed by atoms with Crippen molar-refractivity contribution in [1.29, 1.82) is 0 Å². The summed E-state index contributed by atoms with van der Waals surface area (Å²) in [5.41, 5.74) is 5.00. The average Bonchev–Trinajstić information content (AvgIpc) is 2.61. The summed E-state index contributed by atoms with van der Waals surface area (Å²) in [5, 5.41) is 3.21. The van der Waals surface area contributed by atoms with Crippen LogP contribution < -0.4 is 10.1 Å². The molecular formula is C20H24ClNO3. The maximum atomic E-state index is 11.5. The van der Waals surface area contributed by atoms with Crippen LogP contribution in [0.5, 0.6) is 5.75 Å². The Hall–Kier alpha value is -2.20. The summed E-state index contributed by atoms with van der Waals surface area (Å²) in [6, 6.07) is 9.59. The molecule has 0 spiro atoms. The SMILES string of the molecule is CCc1cc(CC)c(OCc2c(Cl)cccc2NC(=O)OC)cc1C. The highest BCUT2D eigenvalue weighted by Crippen LogP contribution is 2.29. The van der Waals surface area contributed by atoms with Gasteiger partial charge in [0.15, 0.2) is 0 Å². The highest BCUT2D eigenvalue weighted by molar-refractivity contribution is 6.31. The Bertz CT molecular complexity index is 759. The Kier molecular flexibility index (Phi) is 6.71. The van der Waals surface area contributed by atoms with Crippen LogP contribution in [0.1, 0.15) is 36.1 Å². The molecule has 2 aromatic rings. The topological polar surface area (TPSA) is 47.6 Å². The number of rotatable bonds is 6. The third kappa shape index (κ3) is 4.67. The Labute approximate surface area is 154 Å². The first kappa shape index (κ1) is 19.1. The lowest BCUT2D eigenvalue weighted by atomic mass is 10.0. The van der Waals surface area contributed by atoms with E-state index >= 15 is 0 Å². The average molecular weight is 362 g/mol. The van der Waals surface area contributed by atoms with Crippen LogP contribution in [0.3, 0.4) is 0 Å². The van der Waals surface area contributed by atoms with E-state index in [4.69, 9.17) is 16.3 Å². The molecule has 0 aliphatic rings. The standard InChI is InChI=1S/C20H24ClNO3/c1-5-14-11-15(6-2)19(10-13(14)3)25-12-16-17(21)8-7-9-18(16)22-20(23)24-4/h7-11H,5-6,12H2,1-4H3,(H,22,23). The van der Waals surface area contributed by atoms with Gasteiger partial charge in [-0.05, 0) is 54.7 Å². The van der Waals surface area contributed by atoms with Crippen molar-refractivity contribution in [2.45, 2.75) is 40.2 Å². The summed E-state index contributed by atoms with van der Waals surface area (Å²) in [6.07, 6.45) is 1.34. The van der Waals surface area contributed by atoms with E-state index in [1.807, 2.05) is 0 Å². The molecule has 0 aromatic heterocycles. The molecule has 4 nitrogen and oxygen atoms in total. The van der Waals surface area contributed by atoms with Crippen LogP contribution in [0.2, 0.25) is 5.02 Å². The van der Waals surface area contributed by atoms with Gasteiger partial charge in [0.2, 0.25) is 0 Å². The second-order valence-corrected chi connectivity index (χ2v) is 6.17. The minimum absolute atomic E-state index is 0.261. The molecule has 2 aromatic carbocycles. The fourth-order valence-corrected chi connectivity index (χ4v) is 2.93. The van der Waals surface area contributed by atoms with E-state index in [1.54, 1.807) is 18.2 Å². The molecule has 0 bridgehead atoms. The predicted molar refractivity (Wildman–Crippen MR) is 102 cm³/mol. The van der Waals surface area contributed by atoms with Crippen LogP contribution in [-0.2, 0) is 24.2 Å². The number of methoxy groups -OCH3 is 1. The first-order valence-corrected chi connectivity index (χ1v) is 8.75. The molecule has 0 atom stereocenters. The van der Waals surface area contributed by atoms with Gasteiger partial charge in [-0.1, -0.05) is 37.6 Å². The van der Waals surface area contributed by atoms with E-state index in [9.17, 15) is 4.79 Å². The summed E-state index contributed by atoms with van der Waals surface area (Å²) in [6.45, 7) is 6.61. The molecular weight excluding hydrogens is 338 g/mol. The molecule has 134 valence electrons. The lowest BCUT2D eigenvalue weighted by molar-refractivity contribution is 0.187. The molecule has 1 N–H and O–H groups in total. The smallest absolute Gasteiger partial charge is 0.411 e. The molecule has 0 saturated heterocycles. The van der Waals surface area contributed by atoms with Gasteiger partial charge in [0, 0.05) is 10.6 Å². The van der Waals surface area contributed by atoms with Crippen molar-refractivity contribution in [1.82, 2.24) is 0 Å². The molecule has 5 heteroatoms. The number of anilines is 1. The van der Waals surface area contributed by atoms with Gasteiger partial charge < -0.3 is 9.47 Å². The van der Waals surface area contributed by atoms with Crippen molar-refractivity contribution in [3.63, 3.8) is 0 Å². The first-order valence-electron chi connectivity index (χ1n) is 8.37. The largest absolute Gasteiger partial charge is 0.488 e. The quantitative estimate of drug-likeness (QED) is 0.735. The molecule has 0 aliphatic carbocycles. The molecule has 0 fully saturated rings. The number of halogens is 1. The highest BCUT2D eigenvalue weighted by atomic mass is 35.5. The van der Waals surface area contributed by atoms with Crippen molar-refractivity contribution in [3.05, 3.63) is 57.6 Å². The Morgan fingerprint density at radius 1 is 1.16 bits per heavy atom. The molecule has 0 aliphatic heterocycles. The van der Waals surface area contributed by atoms with Crippen molar-refractivity contribution in [3.8, 4) is 5.75 Å². The predicted octanol–water partition coefficient (Wildman–Crippen LogP) is 5.53. The number of carbonyl (C=O) groups excluding carboxylic acids is 1. The molecule has 2 rings (SSSR count). The summed E-state index contributed by atoms with van der Waals surface area (Å²) < 4.78 is 10.7. The Morgan fingerprint density at radius 3 is 2.52 bits per heavy atom. The molecule has 25 heavy (non-hydrogen) atoms. The van der Waals surface area contributed by atoms with Gasteiger partial charge in [-0.15, -0.1) is 0 Å². The van der Waals surface area contributed by atoms with E-state index < -0.39 is 6.09 Å². The molecule has 0 heterocycles. The molecule has 0 unspecified atom stereocenters. The fourth-order valence-electron chi connectivity index (χ4n) is 2.70. The van der Waals surface area contributed by atoms with Gasteiger partial charge in [-0.25, -0.2) is 4.79 Å². The van der Waals surface area contributed by atoms with Crippen LogP contribution in [0.4, 0.5) is 10.5 Å². The van der Waals surface area contributed by atoms with E-state index in [0.29, 0.717) is 16.3 Å². The third-order valence-electron chi connectivity index (χ3n) is 4.19. The number of benzene rings is 2. The number of ether oxygens (including phenoxy) is 2. The first-order chi connectivity index (χ1) is 12.0. The fraction of sp³-hybridized carbons (Fsp3) is 0.350. The van der Waals surface area contributed by atoms with Gasteiger partial charge in [0.25, 0.3) is 0 Å². The summed E-state index contributed by atoms with van der Waals surface area (Å²) in [5.74, 6) is 0.848. The number of hydrogen-bond donors (Lipinski definition) is 1. The number of amides is 1. The van der Waals surface area contributed by atoms with Gasteiger partial charge >= 0.3 is 6.09 Å². The maximum absolute atomic E-state index is 11.5. The van der Waals surface area contributed by atoms with Crippen molar-refractivity contribution in [2.75, 3.05) is 12.4 Å². The van der Waals surface area contributed by atoms with Gasteiger partial charge in [0.1, 0.15) is 12.4 Å². The number of nitrogens with one attached hydrogen (secondary N) is 1. The molecule has 0 saturated carbocycles. The lowest BCUT2D eigenvalue weighted by Gasteiger charge is -2.17. The third-order valence-corrected chi connectivity index (χ3v) is 4.55.